The zero-order chi connectivity index (χ0) is 18.9. The molecule has 0 unspecified atom stereocenters. The van der Waals surface area contributed by atoms with Crippen molar-refractivity contribution in [3.05, 3.63) is 102 Å². The molecule has 0 aliphatic carbocycles. The molecule has 0 aliphatic rings. The van der Waals surface area contributed by atoms with Gasteiger partial charge in [-0.3, -0.25) is 0 Å². The lowest BCUT2D eigenvalue weighted by atomic mass is 9.99. The summed E-state index contributed by atoms with van der Waals surface area (Å²) in [4.78, 5) is 12.4. The van der Waals surface area contributed by atoms with Gasteiger partial charge in [0.25, 0.3) is 0 Å². The number of benzene rings is 3. The number of carbonyl (C=O) groups excluding carboxylic acids is 1. The number of aromatic hydroxyl groups is 1. The van der Waals surface area contributed by atoms with Crippen LogP contribution >= 0.6 is 0 Å². The van der Waals surface area contributed by atoms with E-state index in [9.17, 15) is 9.90 Å². The van der Waals surface area contributed by atoms with E-state index in [1.165, 1.54) is 0 Å². The van der Waals surface area contributed by atoms with Crippen molar-refractivity contribution in [3.63, 3.8) is 0 Å². The van der Waals surface area contributed by atoms with Gasteiger partial charge in [0.2, 0.25) is 0 Å². The molecule has 4 nitrogen and oxygen atoms in total. The maximum atomic E-state index is 12.4. The molecule has 3 rings (SSSR count). The van der Waals surface area contributed by atoms with Gasteiger partial charge in [-0.05, 0) is 41.7 Å². The van der Waals surface area contributed by atoms with Crippen molar-refractivity contribution in [1.29, 1.82) is 0 Å². The zero-order valence-corrected chi connectivity index (χ0v) is 15.1. The fourth-order valence-corrected chi connectivity index (χ4v) is 2.99. The van der Waals surface area contributed by atoms with Crippen LogP contribution < -0.4 is 10.6 Å². The molecule has 0 heterocycles. The Labute approximate surface area is 159 Å². The van der Waals surface area contributed by atoms with E-state index in [0.29, 0.717) is 6.54 Å². The molecule has 0 atom stereocenters. The molecule has 138 valence electrons. The van der Waals surface area contributed by atoms with Gasteiger partial charge in [-0.2, -0.15) is 0 Å². The summed E-state index contributed by atoms with van der Waals surface area (Å²) >= 11 is 0. The average molecular weight is 360 g/mol. The third kappa shape index (κ3) is 5.61. The van der Waals surface area contributed by atoms with Crippen LogP contribution in [0.15, 0.2) is 84.9 Å². The summed E-state index contributed by atoms with van der Waals surface area (Å²) in [5.41, 5.74) is 3.23. The van der Waals surface area contributed by atoms with Crippen LogP contribution in [0, 0.1) is 0 Å². The predicted octanol–water partition coefficient (Wildman–Crippen LogP) is 4.41. The minimum atomic E-state index is -0.190. The number of urea groups is 1. The summed E-state index contributed by atoms with van der Waals surface area (Å²) in [5, 5.41) is 15.3. The lowest BCUT2D eigenvalue weighted by Crippen LogP contribution is -2.38. The van der Waals surface area contributed by atoms with E-state index >= 15 is 0 Å². The molecule has 0 spiro atoms. The Morgan fingerprint density at radius 2 is 1.37 bits per heavy atom. The van der Waals surface area contributed by atoms with Gasteiger partial charge in [0.1, 0.15) is 5.75 Å². The number of hydrogen-bond donors (Lipinski definition) is 3. The van der Waals surface area contributed by atoms with E-state index in [4.69, 9.17) is 0 Å². The molecule has 0 saturated heterocycles. The average Bonchev–Trinajstić information content (AvgIpc) is 2.72. The van der Waals surface area contributed by atoms with Gasteiger partial charge >= 0.3 is 6.03 Å². The van der Waals surface area contributed by atoms with Crippen LogP contribution in [0.1, 0.15) is 29.2 Å². The van der Waals surface area contributed by atoms with Crippen LogP contribution in [0.3, 0.4) is 0 Å². The Balaban J connectivity index is 1.54. The third-order valence-electron chi connectivity index (χ3n) is 4.41. The van der Waals surface area contributed by atoms with Crippen molar-refractivity contribution >= 4 is 6.03 Å². The smallest absolute Gasteiger partial charge is 0.315 e. The van der Waals surface area contributed by atoms with Crippen LogP contribution in [-0.2, 0) is 6.42 Å². The molecular formula is C23H24N2O2. The number of carbonyl (C=O) groups is 1. The number of phenols is 1. The summed E-state index contributed by atoms with van der Waals surface area (Å²) in [6, 6.07) is 26.7. The monoisotopic (exact) mass is 360 g/mol. The second-order valence-electron chi connectivity index (χ2n) is 6.42. The second-order valence-corrected chi connectivity index (χ2v) is 6.42. The van der Waals surface area contributed by atoms with E-state index < -0.39 is 0 Å². The standard InChI is InChI=1S/C23H24N2O2/c26-21-15-13-18(14-16-21)8-7-17-24-23(27)25-22(19-9-3-1-4-10-19)20-11-5-2-6-12-20/h1-6,9-16,22,26H,7-8,17H2,(H2,24,25,27). The summed E-state index contributed by atoms with van der Waals surface area (Å²) < 4.78 is 0. The van der Waals surface area contributed by atoms with E-state index in [1.807, 2.05) is 72.8 Å². The summed E-state index contributed by atoms with van der Waals surface area (Å²) in [6.45, 7) is 0.586. The van der Waals surface area contributed by atoms with Gasteiger partial charge in [0, 0.05) is 6.54 Å². The molecule has 3 aromatic carbocycles. The molecule has 0 aromatic heterocycles. The number of nitrogens with one attached hydrogen (secondary N) is 2. The Morgan fingerprint density at radius 1 is 0.815 bits per heavy atom. The van der Waals surface area contributed by atoms with Crippen molar-refractivity contribution in [2.24, 2.45) is 0 Å². The molecule has 0 aliphatic heterocycles. The highest BCUT2D eigenvalue weighted by Gasteiger charge is 2.16. The molecule has 27 heavy (non-hydrogen) atoms. The number of amides is 2. The number of hydrogen-bond acceptors (Lipinski definition) is 2. The Bertz CT molecular complexity index is 794. The van der Waals surface area contributed by atoms with E-state index in [-0.39, 0.29) is 17.8 Å². The van der Waals surface area contributed by atoms with E-state index in [2.05, 4.69) is 10.6 Å². The Kier molecular flexibility index (Phi) is 6.47. The molecule has 0 radical (unpaired) electrons. The Morgan fingerprint density at radius 3 is 1.93 bits per heavy atom. The maximum absolute atomic E-state index is 12.4. The zero-order valence-electron chi connectivity index (χ0n) is 15.1. The Hall–Kier alpha value is -3.27. The summed E-state index contributed by atoms with van der Waals surface area (Å²) in [6.07, 6.45) is 1.68. The third-order valence-corrected chi connectivity index (χ3v) is 4.41. The van der Waals surface area contributed by atoms with Crippen LogP contribution in [0.4, 0.5) is 4.79 Å². The molecule has 3 N–H and O–H groups in total. The second kappa shape index (κ2) is 9.43. The first kappa shape index (κ1) is 18.5. The number of rotatable bonds is 7. The highest BCUT2D eigenvalue weighted by atomic mass is 16.3. The van der Waals surface area contributed by atoms with Gasteiger partial charge in [-0.15, -0.1) is 0 Å². The number of phenolic OH excluding ortho intramolecular Hbond substituents is 1. The van der Waals surface area contributed by atoms with Gasteiger partial charge in [0.05, 0.1) is 6.04 Å². The largest absolute Gasteiger partial charge is 0.508 e. The van der Waals surface area contributed by atoms with Crippen molar-refractivity contribution in [2.75, 3.05) is 6.54 Å². The first-order chi connectivity index (χ1) is 13.2. The van der Waals surface area contributed by atoms with Crippen LogP contribution in [0.25, 0.3) is 0 Å². The lowest BCUT2D eigenvalue weighted by Gasteiger charge is -2.20. The van der Waals surface area contributed by atoms with Crippen molar-refractivity contribution in [1.82, 2.24) is 10.6 Å². The molecule has 4 heteroatoms. The fourth-order valence-electron chi connectivity index (χ4n) is 2.99. The fraction of sp³-hybridized carbons (Fsp3) is 0.174. The van der Waals surface area contributed by atoms with Crippen LogP contribution in [0.2, 0.25) is 0 Å². The minimum Gasteiger partial charge on any atom is -0.508 e. The highest BCUT2D eigenvalue weighted by Crippen LogP contribution is 2.21. The van der Waals surface area contributed by atoms with Gasteiger partial charge < -0.3 is 15.7 Å². The topological polar surface area (TPSA) is 61.4 Å². The maximum Gasteiger partial charge on any atom is 0.315 e. The van der Waals surface area contributed by atoms with E-state index in [1.54, 1.807) is 12.1 Å². The van der Waals surface area contributed by atoms with Crippen LogP contribution in [0.5, 0.6) is 5.75 Å². The van der Waals surface area contributed by atoms with E-state index in [0.717, 1.165) is 29.5 Å². The molecule has 0 bridgehead atoms. The molecule has 0 saturated carbocycles. The molecular weight excluding hydrogens is 336 g/mol. The summed E-state index contributed by atoms with van der Waals surface area (Å²) in [7, 11) is 0. The van der Waals surface area contributed by atoms with Gasteiger partial charge in [-0.25, -0.2) is 4.79 Å². The van der Waals surface area contributed by atoms with Crippen molar-refractivity contribution in [3.8, 4) is 5.75 Å². The van der Waals surface area contributed by atoms with Crippen LogP contribution in [-0.4, -0.2) is 17.7 Å². The summed E-state index contributed by atoms with van der Waals surface area (Å²) in [5.74, 6) is 0.268. The molecule has 0 fully saturated rings. The van der Waals surface area contributed by atoms with Crippen molar-refractivity contribution in [2.45, 2.75) is 18.9 Å². The van der Waals surface area contributed by atoms with Gasteiger partial charge in [0.15, 0.2) is 0 Å². The SMILES string of the molecule is O=C(NCCCc1ccc(O)cc1)NC(c1ccccc1)c1ccccc1. The first-order valence-corrected chi connectivity index (χ1v) is 9.14. The van der Waals surface area contributed by atoms with Crippen molar-refractivity contribution < 1.29 is 9.90 Å². The predicted molar refractivity (Wildman–Crippen MR) is 108 cm³/mol. The highest BCUT2D eigenvalue weighted by molar-refractivity contribution is 5.75. The normalized spacial score (nSPS) is 10.6. The van der Waals surface area contributed by atoms with Gasteiger partial charge in [-0.1, -0.05) is 72.8 Å². The lowest BCUT2D eigenvalue weighted by molar-refractivity contribution is 0.238. The minimum absolute atomic E-state index is 0.182. The first-order valence-electron chi connectivity index (χ1n) is 9.14. The molecule has 2 amide bonds. The molecule has 3 aromatic rings. The quantitative estimate of drug-likeness (QED) is 0.547. The number of aryl methyl sites for hydroxylation is 1.